The lowest BCUT2D eigenvalue weighted by atomic mass is 9.81. The fourth-order valence-corrected chi connectivity index (χ4v) is 3.86. The number of methoxy groups -OCH3 is 4. The summed E-state index contributed by atoms with van der Waals surface area (Å²) in [6, 6.07) is 7.03. The van der Waals surface area contributed by atoms with Crippen LogP contribution in [0.3, 0.4) is 0 Å². The minimum atomic E-state index is -1.29. The molecule has 0 bridgehead atoms. The number of phenolic OH excluding ortho intramolecular Hbond substituents is 1. The molecule has 146 valence electrons. The van der Waals surface area contributed by atoms with Gasteiger partial charge < -0.3 is 29.2 Å². The lowest BCUT2D eigenvalue weighted by Crippen LogP contribution is -2.28. The van der Waals surface area contributed by atoms with E-state index in [-0.39, 0.29) is 5.75 Å². The summed E-state index contributed by atoms with van der Waals surface area (Å²) < 4.78 is 21.5. The maximum Gasteiger partial charge on any atom is 0.203 e. The molecule has 2 aromatic rings. The molecule has 0 saturated carbocycles. The topological polar surface area (TPSA) is 77.4 Å². The lowest BCUT2D eigenvalue weighted by molar-refractivity contribution is 0.0696. The maximum atomic E-state index is 11.8. The van der Waals surface area contributed by atoms with E-state index in [0.717, 1.165) is 12.8 Å². The van der Waals surface area contributed by atoms with Crippen molar-refractivity contribution in [1.82, 2.24) is 0 Å². The van der Waals surface area contributed by atoms with Crippen LogP contribution in [0.5, 0.6) is 28.7 Å². The van der Waals surface area contributed by atoms with Gasteiger partial charge in [0.2, 0.25) is 5.75 Å². The molecule has 0 spiro atoms. The van der Waals surface area contributed by atoms with Gasteiger partial charge in [0.15, 0.2) is 23.0 Å². The number of rotatable bonds is 5. The maximum absolute atomic E-state index is 11.8. The highest BCUT2D eigenvalue weighted by Crippen LogP contribution is 2.48. The van der Waals surface area contributed by atoms with Crippen LogP contribution in [-0.4, -0.2) is 38.7 Å². The highest BCUT2D eigenvalue weighted by molar-refractivity contribution is 5.59. The Morgan fingerprint density at radius 1 is 0.852 bits per heavy atom. The summed E-state index contributed by atoms with van der Waals surface area (Å²) in [7, 11) is 6.15. The van der Waals surface area contributed by atoms with E-state index in [9.17, 15) is 10.2 Å². The summed E-state index contributed by atoms with van der Waals surface area (Å²) >= 11 is 0. The highest BCUT2D eigenvalue weighted by atomic mass is 16.5. The third-order valence-electron chi connectivity index (χ3n) is 5.27. The number of benzene rings is 2. The lowest BCUT2D eigenvalue weighted by Gasteiger charge is -2.31. The summed E-state index contributed by atoms with van der Waals surface area (Å²) in [6.07, 6.45) is 2.86. The van der Waals surface area contributed by atoms with E-state index in [1.54, 1.807) is 39.5 Å². The van der Waals surface area contributed by atoms with Crippen LogP contribution in [-0.2, 0) is 12.0 Å². The van der Waals surface area contributed by atoms with Gasteiger partial charge in [0, 0.05) is 5.56 Å². The van der Waals surface area contributed by atoms with Crippen molar-refractivity contribution in [3.63, 3.8) is 0 Å². The summed E-state index contributed by atoms with van der Waals surface area (Å²) in [5, 5.41) is 22.4. The molecular formula is C21H26O6. The van der Waals surface area contributed by atoms with Gasteiger partial charge in [-0.3, -0.25) is 0 Å². The van der Waals surface area contributed by atoms with E-state index in [1.165, 1.54) is 7.11 Å². The van der Waals surface area contributed by atoms with Gasteiger partial charge in [-0.1, -0.05) is 6.07 Å². The summed E-state index contributed by atoms with van der Waals surface area (Å²) in [6.45, 7) is 0. The van der Waals surface area contributed by atoms with Gasteiger partial charge in [0.05, 0.1) is 28.4 Å². The number of fused-ring (bicyclic) bond motifs is 1. The second kappa shape index (κ2) is 7.56. The Balaban J connectivity index is 2.24. The Morgan fingerprint density at radius 2 is 1.48 bits per heavy atom. The summed E-state index contributed by atoms with van der Waals surface area (Å²) in [4.78, 5) is 0. The Labute approximate surface area is 159 Å². The van der Waals surface area contributed by atoms with Crippen LogP contribution in [0.1, 0.15) is 36.0 Å². The summed E-state index contributed by atoms with van der Waals surface area (Å²) in [5.74, 6) is 1.91. The van der Waals surface area contributed by atoms with Crippen molar-refractivity contribution in [3.05, 3.63) is 41.0 Å². The quantitative estimate of drug-likeness (QED) is 0.781. The average molecular weight is 374 g/mol. The van der Waals surface area contributed by atoms with E-state index < -0.39 is 5.60 Å². The molecular weight excluding hydrogens is 348 g/mol. The van der Waals surface area contributed by atoms with Crippen molar-refractivity contribution in [2.75, 3.05) is 28.4 Å². The van der Waals surface area contributed by atoms with Crippen LogP contribution >= 0.6 is 0 Å². The Kier molecular flexibility index (Phi) is 5.37. The molecule has 0 heterocycles. The smallest absolute Gasteiger partial charge is 0.203 e. The molecule has 2 aromatic carbocycles. The Bertz CT molecular complexity index is 807. The molecule has 2 N–H and O–H groups in total. The largest absolute Gasteiger partial charge is 0.504 e. The summed E-state index contributed by atoms with van der Waals surface area (Å²) in [5.41, 5.74) is 0.725. The predicted octanol–water partition coefficient (Wildman–Crippen LogP) is 3.39. The molecule has 0 aliphatic heterocycles. The van der Waals surface area contributed by atoms with Crippen molar-refractivity contribution >= 4 is 0 Å². The van der Waals surface area contributed by atoms with E-state index in [4.69, 9.17) is 18.9 Å². The number of hydrogen-bond donors (Lipinski definition) is 2. The van der Waals surface area contributed by atoms with Gasteiger partial charge in [0.1, 0.15) is 5.60 Å². The standard InChI is InChI=1S/C21H26O6/c1-24-16-9-8-15-14(19(16)22)7-5-6-10-21(15,23)13-11-17(25-2)20(27-4)18(12-13)26-3/h8-9,11-12,22-23H,5-7,10H2,1-4H3. The molecule has 0 amide bonds. The number of phenols is 1. The van der Waals surface area contributed by atoms with Gasteiger partial charge in [0.25, 0.3) is 0 Å². The van der Waals surface area contributed by atoms with Gasteiger partial charge >= 0.3 is 0 Å². The number of ether oxygens (including phenoxy) is 4. The van der Waals surface area contributed by atoms with Gasteiger partial charge in [-0.2, -0.15) is 0 Å². The molecule has 1 aliphatic carbocycles. The molecule has 0 fully saturated rings. The van der Waals surface area contributed by atoms with E-state index in [1.807, 2.05) is 6.07 Å². The van der Waals surface area contributed by atoms with Gasteiger partial charge in [-0.25, -0.2) is 0 Å². The normalized spacial score (nSPS) is 19.0. The van der Waals surface area contributed by atoms with Crippen molar-refractivity contribution in [2.45, 2.75) is 31.3 Å². The SMILES string of the molecule is COc1ccc2c(c1O)CCCCC2(O)c1cc(OC)c(OC)c(OC)c1. The molecule has 1 atom stereocenters. The molecule has 1 unspecified atom stereocenters. The zero-order chi connectivity index (χ0) is 19.6. The average Bonchev–Trinajstić information content (AvgIpc) is 2.87. The van der Waals surface area contributed by atoms with Crippen molar-refractivity contribution in [1.29, 1.82) is 0 Å². The zero-order valence-corrected chi connectivity index (χ0v) is 16.2. The van der Waals surface area contributed by atoms with Crippen LogP contribution in [0.15, 0.2) is 24.3 Å². The minimum Gasteiger partial charge on any atom is -0.504 e. The first-order valence-corrected chi connectivity index (χ1v) is 8.92. The third kappa shape index (κ3) is 3.14. The third-order valence-corrected chi connectivity index (χ3v) is 5.27. The van der Waals surface area contributed by atoms with E-state index >= 15 is 0 Å². The first-order valence-electron chi connectivity index (χ1n) is 8.92. The molecule has 6 nitrogen and oxygen atoms in total. The first-order chi connectivity index (χ1) is 13.0. The second-order valence-electron chi connectivity index (χ2n) is 6.62. The highest BCUT2D eigenvalue weighted by Gasteiger charge is 2.38. The Morgan fingerprint density at radius 3 is 2.04 bits per heavy atom. The van der Waals surface area contributed by atoms with Crippen molar-refractivity contribution in [3.8, 4) is 28.7 Å². The van der Waals surface area contributed by atoms with Gasteiger partial charge in [-0.05, 0) is 55.0 Å². The van der Waals surface area contributed by atoms with E-state index in [2.05, 4.69) is 0 Å². The van der Waals surface area contributed by atoms with Crippen LogP contribution in [0.25, 0.3) is 0 Å². The number of hydrogen-bond acceptors (Lipinski definition) is 6. The predicted molar refractivity (Wildman–Crippen MR) is 101 cm³/mol. The fourth-order valence-electron chi connectivity index (χ4n) is 3.86. The van der Waals surface area contributed by atoms with Crippen LogP contribution < -0.4 is 18.9 Å². The van der Waals surface area contributed by atoms with Crippen LogP contribution in [0.4, 0.5) is 0 Å². The molecule has 3 rings (SSSR count). The van der Waals surface area contributed by atoms with Crippen LogP contribution in [0, 0.1) is 0 Å². The minimum absolute atomic E-state index is 0.0859. The molecule has 0 aromatic heterocycles. The fraction of sp³-hybridized carbons (Fsp3) is 0.429. The monoisotopic (exact) mass is 374 g/mol. The molecule has 0 saturated heterocycles. The second-order valence-corrected chi connectivity index (χ2v) is 6.62. The molecule has 0 radical (unpaired) electrons. The zero-order valence-electron chi connectivity index (χ0n) is 16.2. The molecule has 27 heavy (non-hydrogen) atoms. The van der Waals surface area contributed by atoms with Gasteiger partial charge in [-0.15, -0.1) is 0 Å². The molecule has 6 heteroatoms. The van der Waals surface area contributed by atoms with Crippen LogP contribution in [0.2, 0.25) is 0 Å². The number of aromatic hydroxyl groups is 1. The Hall–Kier alpha value is -2.60. The van der Waals surface area contributed by atoms with Crippen molar-refractivity contribution in [2.24, 2.45) is 0 Å². The molecule has 1 aliphatic rings. The van der Waals surface area contributed by atoms with Crippen molar-refractivity contribution < 1.29 is 29.2 Å². The van der Waals surface area contributed by atoms with E-state index in [0.29, 0.717) is 52.5 Å². The number of aliphatic hydroxyl groups is 1. The first kappa shape index (κ1) is 19.2.